The highest BCUT2D eigenvalue weighted by Crippen LogP contribution is 2.31. The maximum absolute atomic E-state index is 12.9. The summed E-state index contributed by atoms with van der Waals surface area (Å²) in [7, 11) is 1.67. The second kappa shape index (κ2) is 9.18. The van der Waals surface area contributed by atoms with Crippen LogP contribution in [0.15, 0.2) is 42.7 Å². The molecule has 7 heteroatoms. The zero-order chi connectivity index (χ0) is 21.9. The first-order valence-corrected chi connectivity index (χ1v) is 11.8. The molecule has 0 spiro atoms. The molecule has 168 valence electrons. The third kappa shape index (κ3) is 4.16. The minimum Gasteiger partial charge on any atom is -0.497 e. The van der Waals surface area contributed by atoms with E-state index in [4.69, 9.17) is 4.74 Å². The molecule has 3 heterocycles. The third-order valence-corrected chi connectivity index (χ3v) is 6.89. The van der Waals surface area contributed by atoms with Crippen molar-refractivity contribution in [2.24, 2.45) is 0 Å². The molecule has 1 saturated carbocycles. The molecule has 1 saturated heterocycles. The number of carbonyl (C=O) groups excluding carboxylic acids is 1. The number of hydrogen-bond donors (Lipinski definition) is 1. The van der Waals surface area contributed by atoms with Crippen LogP contribution >= 0.6 is 0 Å². The largest absolute Gasteiger partial charge is 0.497 e. The number of benzene rings is 1. The van der Waals surface area contributed by atoms with Gasteiger partial charge in [-0.1, -0.05) is 31.4 Å². The smallest absolute Gasteiger partial charge is 0.317 e. The molecule has 3 aromatic rings. The van der Waals surface area contributed by atoms with Gasteiger partial charge in [-0.25, -0.2) is 14.3 Å². The second-order valence-electron chi connectivity index (χ2n) is 8.96. The number of likely N-dealkylation sites (tertiary alicyclic amines) is 1. The van der Waals surface area contributed by atoms with E-state index in [1.807, 2.05) is 52.1 Å². The average Bonchev–Trinajstić information content (AvgIpc) is 3.29. The van der Waals surface area contributed by atoms with E-state index >= 15 is 0 Å². The minimum absolute atomic E-state index is 0.0892. The number of ether oxygens (including phenoxy) is 1. The van der Waals surface area contributed by atoms with Gasteiger partial charge in [0.15, 0.2) is 5.65 Å². The Morgan fingerprint density at radius 1 is 1.06 bits per heavy atom. The van der Waals surface area contributed by atoms with Gasteiger partial charge in [-0.2, -0.15) is 5.10 Å². The fourth-order valence-electron chi connectivity index (χ4n) is 5.11. The number of rotatable bonds is 4. The number of urea groups is 1. The van der Waals surface area contributed by atoms with Crippen LogP contribution in [0, 0.1) is 0 Å². The maximum Gasteiger partial charge on any atom is 0.317 e. The molecular weight excluding hydrogens is 402 g/mol. The van der Waals surface area contributed by atoms with E-state index in [2.05, 4.69) is 15.4 Å². The SMILES string of the molecule is COc1ccc(-c2cnn3c(C4CCCN(C(=O)NC5CCCCC5)C4)ccnc23)cc1. The Hall–Kier alpha value is -3.09. The van der Waals surface area contributed by atoms with Crippen molar-refractivity contribution in [2.75, 3.05) is 20.2 Å². The van der Waals surface area contributed by atoms with Crippen LogP contribution in [0.5, 0.6) is 5.75 Å². The van der Waals surface area contributed by atoms with E-state index in [-0.39, 0.29) is 11.9 Å². The number of hydrogen-bond acceptors (Lipinski definition) is 4. The summed E-state index contributed by atoms with van der Waals surface area (Å²) in [4.78, 5) is 19.5. The molecule has 2 amide bonds. The number of aromatic nitrogens is 3. The van der Waals surface area contributed by atoms with Gasteiger partial charge in [-0.05, 0) is 49.4 Å². The molecule has 1 N–H and O–H groups in total. The number of nitrogens with one attached hydrogen (secondary N) is 1. The quantitative estimate of drug-likeness (QED) is 0.651. The second-order valence-corrected chi connectivity index (χ2v) is 8.96. The highest BCUT2D eigenvalue weighted by molar-refractivity contribution is 5.77. The highest BCUT2D eigenvalue weighted by atomic mass is 16.5. The van der Waals surface area contributed by atoms with E-state index in [1.54, 1.807) is 7.11 Å². The molecule has 1 aliphatic heterocycles. The van der Waals surface area contributed by atoms with Gasteiger partial charge in [-0.3, -0.25) is 0 Å². The average molecular weight is 434 g/mol. The monoisotopic (exact) mass is 433 g/mol. The van der Waals surface area contributed by atoms with Gasteiger partial charge in [0.1, 0.15) is 5.75 Å². The van der Waals surface area contributed by atoms with Crippen LogP contribution in [-0.4, -0.2) is 51.8 Å². The minimum atomic E-state index is 0.0892. The fourth-order valence-corrected chi connectivity index (χ4v) is 5.11. The molecule has 1 atom stereocenters. The zero-order valence-corrected chi connectivity index (χ0v) is 18.7. The standard InChI is InChI=1S/C25H31N5O2/c1-32-21-11-9-18(10-12-21)22-16-27-30-23(13-14-26-24(22)30)19-6-5-15-29(17-19)25(31)28-20-7-3-2-4-8-20/h9-14,16,19-20H,2-8,15,17H2,1H3,(H,28,31). The number of piperidine rings is 1. The Labute approximate surface area is 188 Å². The number of carbonyl (C=O) groups is 1. The highest BCUT2D eigenvalue weighted by Gasteiger charge is 2.28. The first kappa shape index (κ1) is 20.8. The topological polar surface area (TPSA) is 71.8 Å². The Kier molecular flexibility index (Phi) is 5.97. The fraction of sp³-hybridized carbons (Fsp3) is 0.480. The van der Waals surface area contributed by atoms with E-state index in [9.17, 15) is 4.79 Å². The molecule has 2 fully saturated rings. The van der Waals surface area contributed by atoms with Crippen molar-refractivity contribution < 1.29 is 9.53 Å². The number of nitrogens with zero attached hydrogens (tertiary/aromatic N) is 4. The van der Waals surface area contributed by atoms with Crippen molar-refractivity contribution in [2.45, 2.75) is 56.9 Å². The van der Waals surface area contributed by atoms with Crippen LogP contribution < -0.4 is 10.1 Å². The maximum atomic E-state index is 12.9. The summed E-state index contributed by atoms with van der Waals surface area (Å²) in [5.74, 6) is 1.07. The lowest BCUT2D eigenvalue weighted by molar-refractivity contribution is 0.172. The van der Waals surface area contributed by atoms with Crippen LogP contribution in [0.25, 0.3) is 16.8 Å². The summed E-state index contributed by atoms with van der Waals surface area (Å²) in [6.45, 7) is 1.54. The molecule has 0 radical (unpaired) electrons. The van der Waals surface area contributed by atoms with E-state index in [1.165, 1.54) is 19.3 Å². The summed E-state index contributed by atoms with van der Waals surface area (Å²) in [5.41, 5.74) is 4.01. The van der Waals surface area contributed by atoms with Crippen molar-refractivity contribution in [3.05, 3.63) is 48.4 Å². The summed E-state index contributed by atoms with van der Waals surface area (Å²) in [5, 5.41) is 7.95. The molecule has 0 bridgehead atoms. The molecule has 2 aromatic heterocycles. The molecule has 5 rings (SSSR count). The summed E-state index contributed by atoms with van der Waals surface area (Å²) in [6.07, 6.45) is 11.7. The van der Waals surface area contributed by atoms with E-state index in [0.29, 0.717) is 6.04 Å². The molecule has 7 nitrogen and oxygen atoms in total. The Balaban J connectivity index is 1.35. The van der Waals surface area contributed by atoms with Gasteiger partial charge >= 0.3 is 6.03 Å². The normalized spacial score (nSPS) is 19.8. The zero-order valence-electron chi connectivity index (χ0n) is 18.7. The van der Waals surface area contributed by atoms with Gasteiger partial charge in [0.05, 0.1) is 19.0 Å². The van der Waals surface area contributed by atoms with E-state index in [0.717, 1.165) is 67.0 Å². The lowest BCUT2D eigenvalue weighted by atomic mass is 9.94. The lowest BCUT2D eigenvalue weighted by Gasteiger charge is -2.34. The van der Waals surface area contributed by atoms with Crippen LogP contribution in [0.2, 0.25) is 0 Å². The number of methoxy groups -OCH3 is 1. The van der Waals surface area contributed by atoms with Crippen LogP contribution in [0.1, 0.15) is 56.6 Å². The van der Waals surface area contributed by atoms with Crippen molar-refractivity contribution in [1.29, 1.82) is 0 Å². The predicted octanol–water partition coefficient (Wildman–Crippen LogP) is 4.63. The van der Waals surface area contributed by atoms with Crippen molar-refractivity contribution in [3.8, 4) is 16.9 Å². The molecular formula is C25H31N5O2. The van der Waals surface area contributed by atoms with Gasteiger partial charge in [-0.15, -0.1) is 0 Å². The van der Waals surface area contributed by atoms with Crippen LogP contribution in [-0.2, 0) is 0 Å². The van der Waals surface area contributed by atoms with Crippen LogP contribution in [0.4, 0.5) is 4.79 Å². The van der Waals surface area contributed by atoms with Gasteiger partial charge in [0, 0.05) is 36.8 Å². The molecule has 2 aliphatic rings. The first-order chi connectivity index (χ1) is 15.7. The summed E-state index contributed by atoms with van der Waals surface area (Å²) >= 11 is 0. The Bertz CT molecular complexity index is 1070. The predicted molar refractivity (Wildman–Crippen MR) is 124 cm³/mol. The third-order valence-electron chi connectivity index (χ3n) is 6.89. The number of fused-ring (bicyclic) bond motifs is 1. The summed E-state index contributed by atoms with van der Waals surface area (Å²) < 4.78 is 7.23. The first-order valence-electron chi connectivity index (χ1n) is 11.8. The van der Waals surface area contributed by atoms with Gasteiger partial charge < -0.3 is 15.0 Å². The van der Waals surface area contributed by atoms with E-state index < -0.39 is 0 Å². The molecule has 1 aliphatic carbocycles. The van der Waals surface area contributed by atoms with Crippen molar-refractivity contribution in [1.82, 2.24) is 24.8 Å². The molecule has 1 aromatic carbocycles. The lowest BCUT2D eigenvalue weighted by Crippen LogP contribution is -2.48. The van der Waals surface area contributed by atoms with Crippen molar-refractivity contribution >= 4 is 11.7 Å². The van der Waals surface area contributed by atoms with Gasteiger partial charge in [0.2, 0.25) is 0 Å². The Morgan fingerprint density at radius 3 is 2.66 bits per heavy atom. The molecule has 32 heavy (non-hydrogen) atoms. The van der Waals surface area contributed by atoms with Crippen molar-refractivity contribution in [3.63, 3.8) is 0 Å². The van der Waals surface area contributed by atoms with Gasteiger partial charge in [0.25, 0.3) is 0 Å². The summed E-state index contributed by atoms with van der Waals surface area (Å²) in [6, 6.07) is 10.4. The van der Waals surface area contributed by atoms with Crippen LogP contribution in [0.3, 0.4) is 0 Å². The number of amides is 2. The Morgan fingerprint density at radius 2 is 1.88 bits per heavy atom. The molecule has 1 unspecified atom stereocenters.